The Bertz CT molecular complexity index is 245. The van der Waals surface area contributed by atoms with Crippen LogP contribution in [0.15, 0.2) is 0 Å². The minimum Gasteiger partial charge on any atom is -0.391 e. The summed E-state index contributed by atoms with van der Waals surface area (Å²) in [5.41, 5.74) is 0. The van der Waals surface area contributed by atoms with Gasteiger partial charge in [0.1, 0.15) is 0 Å². The van der Waals surface area contributed by atoms with Gasteiger partial charge in [-0.05, 0) is 13.8 Å². The van der Waals surface area contributed by atoms with E-state index in [1.54, 1.807) is 0 Å². The van der Waals surface area contributed by atoms with Crippen LogP contribution < -0.4 is 10.6 Å². The lowest BCUT2D eigenvalue weighted by Crippen LogP contribution is -2.46. The molecule has 6 heteroatoms. The van der Waals surface area contributed by atoms with Crippen molar-refractivity contribution in [1.82, 2.24) is 15.5 Å². The van der Waals surface area contributed by atoms with Gasteiger partial charge in [-0.3, -0.25) is 9.69 Å². The van der Waals surface area contributed by atoms with E-state index in [0.717, 1.165) is 26.2 Å². The van der Waals surface area contributed by atoms with Crippen molar-refractivity contribution in [3.05, 3.63) is 0 Å². The molecule has 0 bridgehead atoms. The predicted molar refractivity (Wildman–Crippen MR) is 75.9 cm³/mol. The van der Waals surface area contributed by atoms with Gasteiger partial charge in [0.05, 0.1) is 11.9 Å². The molecule has 0 aromatic carbocycles. The van der Waals surface area contributed by atoms with E-state index >= 15 is 0 Å². The van der Waals surface area contributed by atoms with Crippen LogP contribution in [-0.4, -0.2) is 72.3 Å². The summed E-state index contributed by atoms with van der Waals surface area (Å²) in [6.45, 7) is 8.59. The Balaban J connectivity index is 2.05. The lowest BCUT2D eigenvalue weighted by Gasteiger charge is -2.28. The number of thioether (sulfide) groups is 1. The summed E-state index contributed by atoms with van der Waals surface area (Å²) in [7, 11) is 0. The number of nitrogens with one attached hydrogen (secondary N) is 2. The molecule has 1 rings (SSSR count). The van der Waals surface area contributed by atoms with E-state index in [0.29, 0.717) is 18.1 Å². The van der Waals surface area contributed by atoms with Crippen molar-refractivity contribution < 1.29 is 9.90 Å². The van der Waals surface area contributed by atoms with Crippen molar-refractivity contribution in [3.63, 3.8) is 0 Å². The molecule has 0 saturated carbocycles. The fourth-order valence-electron chi connectivity index (χ4n) is 1.90. The molecule has 0 aromatic rings. The molecule has 1 saturated heterocycles. The van der Waals surface area contributed by atoms with Gasteiger partial charge in [-0.15, -0.1) is 11.8 Å². The first-order valence-corrected chi connectivity index (χ1v) is 7.71. The third-order valence-corrected chi connectivity index (χ3v) is 3.76. The fraction of sp³-hybridized carbons (Fsp3) is 0.917. The Morgan fingerprint density at radius 1 is 1.44 bits per heavy atom. The van der Waals surface area contributed by atoms with E-state index in [2.05, 4.69) is 15.5 Å². The van der Waals surface area contributed by atoms with Crippen molar-refractivity contribution in [2.24, 2.45) is 0 Å². The number of carbonyl (C=O) groups is 1. The topological polar surface area (TPSA) is 64.6 Å². The third-order valence-electron chi connectivity index (χ3n) is 2.67. The number of rotatable bonds is 7. The third kappa shape index (κ3) is 7.20. The van der Waals surface area contributed by atoms with Crippen molar-refractivity contribution in [2.75, 3.05) is 44.2 Å². The van der Waals surface area contributed by atoms with Gasteiger partial charge in [0.15, 0.2) is 0 Å². The normalized spacial score (nSPS) is 18.9. The highest BCUT2D eigenvalue weighted by molar-refractivity contribution is 7.99. The van der Waals surface area contributed by atoms with Crippen LogP contribution in [0, 0.1) is 0 Å². The molecule has 0 radical (unpaired) electrons. The quantitative estimate of drug-likeness (QED) is 0.585. The average molecular weight is 275 g/mol. The largest absolute Gasteiger partial charge is 0.391 e. The van der Waals surface area contributed by atoms with E-state index in [1.165, 1.54) is 11.8 Å². The highest BCUT2D eigenvalue weighted by Gasteiger charge is 2.14. The first-order chi connectivity index (χ1) is 8.58. The first-order valence-electron chi connectivity index (χ1n) is 6.56. The Kier molecular flexibility index (Phi) is 7.65. The molecule has 1 fully saturated rings. The molecule has 18 heavy (non-hydrogen) atoms. The monoisotopic (exact) mass is 275 g/mol. The zero-order valence-electron chi connectivity index (χ0n) is 11.3. The van der Waals surface area contributed by atoms with Crippen LogP contribution >= 0.6 is 11.8 Å². The summed E-state index contributed by atoms with van der Waals surface area (Å²) >= 11 is 1.50. The molecule has 106 valence electrons. The molecule has 0 aliphatic carbocycles. The standard InChI is InChI=1S/C12H25N3O2S/c1-10(2)14-12(17)9-18-8-11(16)7-15-5-3-13-4-6-15/h10-11,13,16H,3-9H2,1-2H3,(H,14,17). The van der Waals surface area contributed by atoms with Crippen molar-refractivity contribution in [1.29, 1.82) is 0 Å². The van der Waals surface area contributed by atoms with Gasteiger partial charge >= 0.3 is 0 Å². The summed E-state index contributed by atoms with van der Waals surface area (Å²) < 4.78 is 0. The Labute approximate surface area is 114 Å². The number of aliphatic hydroxyl groups is 1. The van der Waals surface area contributed by atoms with E-state index < -0.39 is 0 Å². The summed E-state index contributed by atoms with van der Waals surface area (Å²) in [6.07, 6.45) is -0.347. The molecule has 1 amide bonds. The number of nitrogens with zero attached hydrogens (tertiary/aromatic N) is 1. The molecule has 1 unspecified atom stereocenters. The van der Waals surface area contributed by atoms with E-state index in [-0.39, 0.29) is 18.1 Å². The minimum absolute atomic E-state index is 0.0457. The maximum absolute atomic E-state index is 11.4. The van der Waals surface area contributed by atoms with Crippen LogP contribution in [0.2, 0.25) is 0 Å². The van der Waals surface area contributed by atoms with E-state index in [4.69, 9.17) is 0 Å². The van der Waals surface area contributed by atoms with Crippen molar-refractivity contribution in [3.8, 4) is 0 Å². The molecule has 5 nitrogen and oxygen atoms in total. The summed E-state index contributed by atoms with van der Waals surface area (Å²) in [5, 5.41) is 16.0. The highest BCUT2D eigenvalue weighted by atomic mass is 32.2. The molecule has 1 aliphatic rings. The molecule has 0 spiro atoms. The fourth-order valence-corrected chi connectivity index (χ4v) is 2.66. The maximum atomic E-state index is 11.4. The lowest BCUT2D eigenvalue weighted by atomic mass is 10.3. The molecular weight excluding hydrogens is 250 g/mol. The lowest BCUT2D eigenvalue weighted by molar-refractivity contribution is -0.119. The van der Waals surface area contributed by atoms with Crippen LogP contribution in [0.5, 0.6) is 0 Å². The van der Waals surface area contributed by atoms with E-state index in [9.17, 15) is 9.90 Å². The van der Waals surface area contributed by atoms with Crippen molar-refractivity contribution in [2.45, 2.75) is 26.0 Å². The zero-order chi connectivity index (χ0) is 13.4. The van der Waals surface area contributed by atoms with Gasteiger partial charge in [-0.1, -0.05) is 0 Å². The second-order valence-corrected chi connectivity index (χ2v) is 5.97. The highest BCUT2D eigenvalue weighted by Crippen LogP contribution is 2.05. The predicted octanol–water partition coefficient (Wildman–Crippen LogP) is -0.490. The number of aliphatic hydroxyl groups excluding tert-OH is 1. The Morgan fingerprint density at radius 2 is 2.11 bits per heavy atom. The van der Waals surface area contributed by atoms with Crippen LogP contribution in [0.4, 0.5) is 0 Å². The Morgan fingerprint density at radius 3 is 2.72 bits per heavy atom. The zero-order valence-corrected chi connectivity index (χ0v) is 12.1. The van der Waals surface area contributed by atoms with Crippen LogP contribution in [0.25, 0.3) is 0 Å². The second-order valence-electron chi connectivity index (χ2n) is 4.94. The number of β-amino-alcohol motifs (C(OH)–C–C–N with tert-alkyl or cyclic N) is 1. The molecule has 1 aliphatic heterocycles. The molecule has 0 aromatic heterocycles. The first kappa shape index (κ1) is 15.8. The SMILES string of the molecule is CC(C)NC(=O)CSCC(O)CN1CCNCC1. The smallest absolute Gasteiger partial charge is 0.230 e. The van der Waals surface area contributed by atoms with Crippen LogP contribution in [0.3, 0.4) is 0 Å². The van der Waals surface area contributed by atoms with Crippen molar-refractivity contribution >= 4 is 17.7 Å². The van der Waals surface area contributed by atoms with Gasteiger partial charge in [-0.2, -0.15) is 0 Å². The number of amides is 1. The number of hydrogen-bond donors (Lipinski definition) is 3. The molecule has 1 atom stereocenters. The number of carbonyl (C=O) groups excluding carboxylic acids is 1. The number of hydrogen-bond acceptors (Lipinski definition) is 5. The molecule has 3 N–H and O–H groups in total. The summed E-state index contributed by atoms with van der Waals surface area (Å²) in [5.74, 6) is 1.09. The average Bonchev–Trinajstić information content (AvgIpc) is 2.29. The summed E-state index contributed by atoms with van der Waals surface area (Å²) in [6, 6.07) is 0.184. The van der Waals surface area contributed by atoms with Gasteiger partial charge in [0.25, 0.3) is 0 Å². The maximum Gasteiger partial charge on any atom is 0.230 e. The van der Waals surface area contributed by atoms with Crippen LogP contribution in [0.1, 0.15) is 13.8 Å². The summed E-state index contributed by atoms with van der Waals surface area (Å²) in [4.78, 5) is 13.7. The molecule has 1 heterocycles. The van der Waals surface area contributed by atoms with Gasteiger partial charge in [-0.25, -0.2) is 0 Å². The van der Waals surface area contributed by atoms with Gasteiger partial charge in [0, 0.05) is 44.5 Å². The van der Waals surface area contributed by atoms with Gasteiger partial charge in [0.2, 0.25) is 5.91 Å². The second kappa shape index (κ2) is 8.74. The van der Waals surface area contributed by atoms with E-state index in [1.807, 2.05) is 13.8 Å². The number of piperazine rings is 1. The van der Waals surface area contributed by atoms with Gasteiger partial charge < -0.3 is 15.7 Å². The Hall–Kier alpha value is -0.300. The molecular formula is C12H25N3O2S. The minimum atomic E-state index is -0.347. The van der Waals surface area contributed by atoms with Crippen LogP contribution in [-0.2, 0) is 4.79 Å².